The lowest BCUT2D eigenvalue weighted by Gasteiger charge is -2.27. The topological polar surface area (TPSA) is 58.6 Å². The van der Waals surface area contributed by atoms with Crippen molar-refractivity contribution < 1.29 is 14.1 Å². The van der Waals surface area contributed by atoms with Crippen molar-refractivity contribution in [3.8, 4) is 11.5 Å². The van der Waals surface area contributed by atoms with Gasteiger partial charge in [0.25, 0.3) is 0 Å². The minimum atomic E-state index is -0.635. The van der Waals surface area contributed by atoms with Crippen molar-refractivity contribution in [2.24, 2.45) is 0 Å². The lowest BCUT2D eigenvalue weighted by atomic mass is 10.0. The zero-order valence-corrected chi connectivity index (χ0v) is 12.2. The molecule has 4 nitrogen and oxygen atoms in total. The van der Waals surface area contributed by atoms with Crippen LogP contribution in [0, 0.1) is 0 Å². The molecule has 1 fully saturated rings. The SMILES string of the molecule is COc1ccc(C(C)NC2CCS(=O)CC2)c(O)c1. The van der Waals surface area contributed by atoms with E-state index in [0.29, 0.717) is 11.8 Å². The highest BCUT2D eigenvalue weighted by atomic mass is 32.2. The van der Waals surface area contributed by atoms with Gasteiger partial charge in [0.1, 0.15) is 11.5 Å². The number of phenolic OH excluding ortho intramolecular Hbond substituents is 1. The maximum Gasteiger partial charge on any atom is 0.124 e. The van der Waals surface area contributed by atoms with Crippen LogP contribution in [-0.2, 0) is 10.8 Å². The Morgan fingerprint density at radius 1 is 1.42 bits per heavy atom. The Hall–Kier alpha value is -1.07. The van der Waals surface area contributed by atoms with Gasteiger partial charge in [0.2, 0.25) is 0 Å². The van der Waals surface area contributed by atoms with Gasteiger partial charge in [0, 0.05) is 46.0 Å². The molecule has 0 saturated carbocycles. The summed E-state index contributed by atoms with van der Waals surface area (Å²) in [4.78, 5) is 0. The van der Waals surface area contributed by atoms with E-state index < -0.39 is 10.8 Å². The first-order valence-corrected chi connectivity index (χ1v) is 8.07. The molecule has 1 aliphatic heterocycles. The second-order valence-corrected chi connectivity index (χ2v) is 6.63. The summed E-state index contributed by atoms with van der Waals surface area (Å²) in [7, 11) is 0.947. The summed E-state index contributed by atoms with van der Waals surface area (Å²) in [5, 5.41) is 13.5. The number of phenols is 1. The van der Waals surface area contributed by atoms with E-state index in [1.54, 1.807) is 13.2 Å². The first kappa shape index (κ1) is 14.3. The van der Waals surface area contributed by atoms with Gasteiger partial charge in [-0.1, -0.05) is 6.07 Å². The fourth-order valence-electron chi connectivity index (χ4n) is 2.42. The van der Waals surface area contributed by atoms with Gasteiger partial charge in [-0.05, 0) is 25.8 Å². The summed E-state index contributed by atoms with van der Waals surface area (Å²) < 4.78 is 16.4. The van der Waals surface area contributed by atoms with Crippen molar-refractivity contribution >= 4 is 10.8 Å². The predicted octanol–water partition coefficient (Wildman–Crippen LogP) is 1.96. The van der Waals surface area contributed by atoms with Crippen LogP contribution in [-0.4, -0.2) is 34.0 Å². The number of hydrogen-bond acceptors (Lipinski definition) is 4. The minimum absolute atomic E-state index is 0.0717. The number of hydrogen-bond donors (Lipinski definition) is 2. The second-order valence-electron chi connectivity index (χ2n) is 4.94. The van der Waals surface area contributed by atoms with Crippen molar-refractivity contribution in [1.82, 2.24) is 5.32 Å². The Labute approximate surface area is 116 Å². The van der Waals surface area contributed by atoms with Crippen molar-refractivity contribution in [3.63, 3.8) is 0 Å². The van der Waals surface area contributed by atoms with Crippen molar-refractivity contribution in [2.45, 2.75) is 31.8 Å². The molecule has 1 atom stereocenters. The summed E-state index contributed by atoms with van der Waals surface area (Å²) in [5.41, 5.74) is 0.868. The fourth-order valence-corrected chi connectivity index (χ4v) is 3.72. The normalized spacial score (nSPS) is 24.9. The number of ether oxygens (including phenoxy) is 1. The largest absolute Gasteiger partial charge is 0.507 e. The number of aromatic hydroxyl groups is 1. The molecule has 0 amide bonds. The van der Waals surface area contributed by atoms with Gasteiger partial charge in [-0.15, -0.1) is 0 Å². The molecule has 1 aromatic rings. The quantitative estimate of drug-likeness (QED) is 0.887. The zero-order chi connectivity index (χ0) is 13.8. The molecule has 0 aromatic heterocycles. The van der Waals surface area contributed by atoms with Crippen LogP contribution >= 0.6 is 0 Å². The molecular weight excluding hydrogens is 262 g/mol. The van der Waals surface area contributed by atoms with E-state index in [0.717, 1.165) is 29.9 Å². The molecule has 1 aliphatic rings. The van der Waals surface area contributed by atoms with E-state index in [1.165, 1.54) is 0 Å². The van der Waals surface area contributed by atoms with Gasteiger partial charge in [-0.2, -0.15) is 0 Å². The first-order chi connectivity index (χ1) is 9.10. The molecular formula is C14H21NO3S. The molecule has 5 heteroatoms. The monoisotopic (exact) mass is 283 g/mol. The highest BCUT2D eigenvalue weighted by Gasteiger charge is 2.20. The van der Waals surface area contributed by atoms with Gasteiger partial charge in [-0.25, -0.2) is 0 Å². The lowest BCUT2D eigenvalue weighted by Crippen LogP contribution is -2.37. The fraction of sp³-hybridized carbons (Fsp3) is 0.571. The van der Waals surface area contributed by atoms with Gasteiger partial charge in [0.15, 0.2) is 0 Å². The standard InChI is InChI=1S/C14H21NO3S/c1-10(15-11-5-7-19(17)8-6-11)13-4-3-12(18-2)9-14(13)16/h3-4,9-11,15-16H,5-8H2,1-2H3. The minimum Gasteiger partial charge on any atom is -0.507 e. The second kappa shape index (κ2) is 6.39. The number of nitrogens with one attached hydrogen (secondary N) is 1. The molecule has 2 rings (SSSR count). The van der Waals surface area contributed by atoms with Crippen LogP contribution in [0.2, 0.25) is 0 Å². The van der Waals surface area contributed by atoms with E-state index in [1.807, 2.05) is 19.1 Å². The average Bonchev–Trinajstić information content (AvgIpc) is 2.41. The van der Waals surface area contributed by atoms with Crippen LogP contribution in [0.3, 0.4) is 0 Å². The Bertz CT molecular complexity index is 454. The van der Waals surface area contributed by atoms with Crippen LogP contribution in [0.15, 0.2) is 18.2 Å². The molecule has 0 aliphatic carbocycles. The van der Waals surface area contributed by atoms with Crippen LogP contribution in [0.1, 0.15) is 31.4 Å². The molecule has 19 heavy (non-hydrogen) atoms. The Balaban J connectivity index is 1.99. The maximum atomic E-state index is 11.3. The third-order valence-corrected chi connectivity index (χ3v) is 4.96. The van der Waals surface area contributed by atoms with Crippen LogP contribution in [0.5, 0.6) is 11.5 Å². The van der Waals surface area contributed by atoms with Crippen LogP contribution in [0.25, 0.3) is 0 Å². The molecule has 0 radical (unpaired) electrons. The molecule has 2 N–H and O–H groups in total. The first-order valence-electron chi connectivity index (χ1n) is 6.58. The number of rotatable bonds is 4. The molecule has 106 valence electrons. The highest BCUT2D eigenvalue weighted by molar-refractivity contribution is 7.85. The summed E-state index contributed by atoms with van der Waals surface area (Å²) >= 11 is 0. The number of methoxy groups -OCH3 is 1. The third kappa shape index (κ3) is 3.70. The van der Waals surface area contributed by atoms with E-state index in [9.17, 15) is 9.32 Å². The van der Waals surface area contributed by atoms with Gasteiger partial charge < -0.3 is 15.2 Å². The zero-order valence-electron chi connectivity index (χ0n) is 11.4. The van der Waals surface area contributed by atoms with Crippen LogP contribution in [0.4, 0.5) is 0 Å². The number of benzene rings is 1. The predicted molar refractivity (Wildman–Crippen MR) is 77.1 cm³/mol. The summed E-state index contributed by atoms with van der Waals surface area (Å²) in [6.45, 7) is 2.03. The third-order valence-electron chi connectivity index (χ3n) is 3.58. The van der Waals surface area contributed by atoms with Crippen LogP contribution < -0.4 is 10.1 Å². The van der Waals surface area contributed by atoms with E-state index in [-0.39, 0.29) is 11.8 Å². The molecule has 1 saturated heterocycles. The maximum absolute atomic E-state index is 11.3. The highest BCUT2D eigenvalue weighted by Crippen LogP contribution is 2.29. The van der Waals surface area contributed by atoms with E-state index in [4.69, 9.17) is 4.74 Å². The summed E-state index contributed by atoms with van der Waals surface area (Å²) in [6.07, 6.45) is 1.88. The van der Waals surface area contributed by atoms with E-state index >= 15 is 0 Å². The van der Waals surface area contributed by atoms with Gasteiger partial charge >= 0.3 is 0 Å². The molecule has 1 heterocycles. The summed E-state index contributed by atoms with van der Waals surface area (Å²) in [6, 6.07) is 5.82. The Morgan fingerprint density at radius 3 is 2.68 bits per heavy atom. The molecule has 1 unspecified atom stereocenters. The molecule has 1 aromatic carbocycles. The van der Waals surface area contributed by atoms with Crippen molar-refractivity contribution in [1.29, 1.82) is 0 Å². The van der Waals surface area contributed by atoms with Gasteiger partial charge in [0.05, 0.1) is 7.11 Å². The Kier molecular flexibility index (Phi) is 4.82. The lowest BCUT2D eigenvalue weighted by molar-refractivity contribution is 0.394. The van der Waals surface area contributed by atoms with Crippen molar-refractivity contribution in [2.75, 3.05) is 18.6 Å². The molecule has 0 spiro atoms. The van der Waals surface area contributed by atoms with Crippen molar-refractivity contribution in [3.05, 3.63) is 23.8 Å². The molecule has 0 bridgehead atoms. The Morgan fingerprint density at radius 2 is 2.11 bits per heavy atom. The average molecular weight is 283 g/mol. The van der Waals surface area contributed by atoms with E-state index in [2.05, 4.69) is 5.32 Å². The van der Waals surface area contributed by atoms with Gasteiger partial charge in [-0.3, -0.25) is 4.21 Å². The summed E-state index contributed by atoms with van der Waals surface area (Å²) in [5.74, 6) is 2.46. The smallest absolute Gasteiger partial charge is 0.124 e.